The molecule has 0 aliphatic rings. The van der Waals surface area contributed by atoms with Gasteiger partial charge in [-0.05, 0) is 20.8 Å². The van der Waals surface area contributed by atoms with E-state index in [-0.39, 0.29) is 19.8 Å². The van der Waals surface area contributed by atoms with E-state index < -0.39 is 17.5 Å². The molecule has 0 amide bonds. The zero-order chi connectivity index (χ0) is 33.8. The number of carboxylic acids is 1. The molecule has 0 heterocycles. The number of ether oxygens (including phenoxy) is 13. The molecule has 0 fully saturated rings. The first-order chi connectivity index (χ1) is 22.3. The van der Waals surface area contributed by atoms with Gasteiger partial charge < -0.3 is 66.7 Å². The Bertz CT molecular complexity index is 661. The van der Waals surface area contributed by atoms with Gasteiger partial charge in [-0.2, -0.15) is 0 Å². The Kier molecular flexibility index (Phi) is 33.6. The van der Waals surface area contributed by atoms with Gasteiger partial charge in [-0.25, -0.2) is 9.59 Å². The van der Waals surface area contributed by atoms with Crippen LogP contribution in [0.2, 0.25) is 0 Å². The Morgan fingerprint density at radius 2 is 0.565 bits per heavy atom. The molecule has 274 valence electrons. The molecule has 16 heteroatoms. The summed E-state index contributed by atoms with van der Waals surface area (Å²) in [5.74, 6) is -1.39. The lowest BCUT2D eigenvalue weighted by Gasteiger charge is -2.19. The van der Waals surface area contributed by atoms with E-state index >= 15 is 0 Å². The highest BCUT2D eigenvalue weighted by Crippen LogP contribution is 2.06. The van der Waals surface area contributed by atoms with E-state index in [2.05, 4.69) is 0 Å². The van der Waals surface area contributed by atoms with Crippen LogP contribution in [0.3, 0.4) is 0 Å². The normalized spacial score (nSPS) is 11.7. The summed E-state index contributed by atoms with van der Waals surface area (Å²) in [5.41, 5.74) is -0.516. The number of hydrogen-bond acceptors (Lipinski definition) is 15. The van der Waals surface area contributed by atoms with Gasteiger partial charge in [0.1, 0.15) is 18.8 Å². The fourth-order valence-corrected chi connectivity index (χ4v) is 3.00. The summed E-state index contributed by atoms with van der Waals surface area (Å²) in [7, 11) is 0. The van der Waals surface area contributed by atoms with Crippen LogP contribution in [0.5, 0.6) is 0 Å². The number of carbonyl (C=O) groups excluding carboxylic acids is 1. The van der Waals surface area contributed by atoms with Crippen molar-refractivity contribution in [2.24, 2.45) is 0 Å². The molecule has 0 aliphatic carbocycles. The molecule has 0 radical (unpaired) electrons. The number of rotatable bonds is 37. The molecule has 0 aliphatic heterocycles. The minimum absolute atomic E-state index is 0.0890. The number of carboxylic acid groups (broad SMARTS) is 1. The third-order valence-electron chi connectivity index (χ3n) is 4.96. The maximum atomic E-state index is 11.5. The zero-order valence-corrected chi connectivity index (χ0v) is 28.0. The molecule has 1 N–H and O–H groups in total. The third kappa shape index (κ3) is 40.5. The molecule has 0 unspecified atom stereocenters. The average molecular weight is 675 g/mol. The largest absolute Gasteiger partial charge is 0.480 e. The maximum Gasteiger partial charge on any atom is 0.332 e. The molecule has 0 spiro atoms. The summed E-state index contributed by atoms with van der Waals surface area (Å²) in [6.07, 6.45) is 0. The summed E-state index contributed by atoms with van der Waals surface area (Å²) >= 11 is 0. The van der Waals surface area contributed by atoms with Crippen molar-refractivity contribution in [2.45, 2.75) is 26.4 Å². The molecule has 0 rings (SSSR count). The van der Waals surface area contributed by atoms with Crippen molar-refractivity contribution in [1.29, 1.82) is 0 Å². The monoisotopic (exact) mass is 674 g/mol. The van der Waals surface area contributed by atoms with E-state index in [0.29, 0.717) is 139 Å². The quantitative estimate of drug-likeness (QED) is 0.0716. The maximum absolute atomic E-state index is 11.5. The summed E-state index contributed by atoms with van der Waals surface area (Å²) in [4.78, 5) is 21.8. The first-order valence-electron chi connectivity index (χ1n) is 15.7. The van der Waals surface area contributed by atoms with Gasteiger partial charge in [0.15, 0.2) is 0 Å². The van der Waals surface area contributed by atoms with Crippen LogP contribution >= 0.6 is 0 Å². The highest BCUT2D eigenvalue weighted by molar-refractivity contribution is 5.71. The van der Waals surface area contributed by atoms with Crippen LogP contribution in [-0.4, -0.2) is 181 Å². The minimum Gasteiger partial charge on any atom is -0.480 e. The Hall–Kier alpha value is -1.54. The smallest absolute Gasteiger partial charge is 0.332 e. The second-order valence-corrected chi connectivity index (χ2v) is 10.2. The molecular formula is C30H58O16. The molecule has 0 saturated carbocycles. The molecular weight excluding hydrogens is 616 g/mol. The van der Waals surface area contributed by atoms with E-state index in [1.807, 2.05) is 20.8 Å². The van der Waals surface area contributed by atoms with Crippen LogP contribution in [0.1, 0.15) is 20.8 Å². The standard InChI is InChI=1S/C30H58O16/c1-30(2,3)46-29(33)27-45-25-23-43-21-19-41-17-15-39-13-11-37-9-7-35-5-4-34-6-8-36-10-12-38-14-16-40-18-20-42-22-24-44-26-28(31)32/h4-27H2,1-3H3,(H,31,32). The molecule has 0 atom stereocenters. The van der Waals surface area contributed by atoms with Crippen LogP contribution in [-0.2, 0) is 71.2 Å². The Morgan fingerprint density at radius 3 is 0.761 bits per heavy atom. The lowest BCUT2D eigenvalue weighted by Crippen LogP contribution is -2.27. The number of esters is 1. The van der Waals surface area contributed by atoms with Gasteiger partial charge in [-0.15, -0.1) is 0 Å². The summed E-state index contributed by atoms with van der Waals surface area (Å²) in [6.45, 7) is 14.6. The molecule has 0 bridgehead atoms. The lowest BCUT2D eigenvalue weighted by molar-refractivity contribution is -0.160. The second-order valence-electron chi connectivity index (χ2n) is 10.2. The first-order valence-corrected chi connectivity index (χ1v) is 15.7. The van der Waals surface area contributed by atoms with Gasteiger partial charge in [0.05, 0.1) is 145 Å². The molecule has 0 aromatic rings. The van der Waals surface area contributed by atoms with Crippen molar-refractivity contribution < 1.29 is 76.3 Å². The van der Waals surface area contributed by atoms with Crippen molar-refractivity contribution >= 4 is 11.9 Å². The van der Waals surface area contributed by atoms with Gasteiger partial charge in [0.2, 0.25) is 0 Å². The Balaban J connectivity index is 3.10. The zero-order valence-electron chi connectivity index (χ0n) is 28.0. The highest BCUT2D eigenvalue weighted by Gasteiger charge is 2.15. The summed E-state index contributed by atoms with van der Waals surface area (Å²) in [5, 5.41) is 8.42. The van der Waals surface area contributed by atoms with Crippen LogP contribution in [0.4, 0.5) is 0 Å². The predicted octanol–water partition coefficient (Wildman–Crippen LogP) is 0.612. The van der Waals surface area contributed by atoms with Crippen molar-refractivity contribution in [1.82, 2.24) is 0 Å². The lowest BCUT2D eigenvalue weighted by atomic mass is 10.2. The summed E-state index contributed by atoms with van der Waals surface area (Å²) in [6, 6.07) is 0. The van der Waals surface area contributed by atoms with Crippen molar-refractivity contribution in [3.8, 4) is 0 Å². The van der Waals surface area contributed by atoms with E-state index in [0.717, 1.165) is 0 Å². The fourth-order valence-electron chi connectivity index (χ4n) is 3.00. The SMILES string of the molecule is CC(C)(C)OC(=O)COCCOCCOCCOCCOCCOCCOCCOCCOCCOCCOCCOCC(=O)O. The average Bonchev–Trinajstić information content (AvgIpc) is 2.99. The fraction of sp³-hybridized carbons (Fsp3) is 0.933. The van der Waals surface area contributed by atoms with E-state index in [4.69, 9.17) is 66.7 Å². The third-order valence-corrected chi connectivity index (χ3v) is 4.96. The van der Waals surface area contributed by atoms with Gasteiger partial charge in [-0.3, -0.25) is 0 Å². The first kappa shape index (κ1) is 44.5. The van der Waals surface area contributed by atoms with E-state index in [1.54, 1.807) is 0 Å². The molecule has 46 heavy (non-hydrogen) atoms. The van der Waals surface area contributed by atoms with Gasteiger partial charge in [0.25, 0.3) is 0 Å². The molecule has 0 aromatic heterocycles. The molecule has 0 aromatic carbocycles. The molecule has 0 saturated heterocycles. The van der Waals surface area contributed by atoms with Gasteiger partial charge >= 0.3 is 11.9 Å². The Labute approximate surface area is 273 Å². The van der Waals surface area contributed by atoms with E-state index in [9.17, 15) is 9.59 Å². The Morgan fingerprint density at radius 1 is 0.370 bits per heavy atom. The molecule has 16 nitrogen and oxygen atoms in total. The van der Waals surface area contributed by atoms with Crippen LogP contribution in [0.25, 0.3) is 0 Å². The van der Waals surface area contributed by atoms with Gasteiger partial charge in [0, 0.05) is 0 Å². The summed E-state index contributed by atoms with van der Waals surface area (Å²) < 4.78 is 69.2. The highest BCUT2D eigenvalue weighted by atomic mass is 16.6. The van der Waals surface area contributed by atoms with Crippen molar-refractivity contribution in [3.63, 3.8) is 0 Å². The van der Waals surface area contributed by atoms with Gasteiger partial charge in [-0.1, -0.05) is 0 Å². The van der Waals surface area contributed by atoms with Crippen LogP contribution < -0.4 is 0 Å². The minimum atomic E-state index is -1.000. The topological polar surface area (TPSA) is 174 Å². The number of carbonyl (C=O) groups is 2. The van der Waals surface area contributed by atoms with Crippen molar-refractivity contribution in [3.05, 3.63) is 0 Å². The van der Waals surface area contributed by atoms with E-state index in [1.165, 1.54) is 0 Å². The van der Waals surface area contributed by atoms with Crippen molar-refractivity contribution in [2.75, 3.05) is 159 Å². The predicted molar refractivity (Wildman–Crippen MR) is 163 cm³/mol. The van der Waals surface area contributed by atoms with Crippen LogP contribution in [0.15, 0.2) is 0 Å². The number of aliphatic carboxylic acids is 1. The second kappa shape index (κ2) is 34.8. The van der Waals surface area contributed by atoms with Crippen LogP contribution in [0, 0.1) is 0 Å². The number of hydrogen-bond donors (Lipinski definition) is 1.